The van der Waals surface area contributed by atoms with Gasteiger partial charge in [-0.2, -0.15) is 0 Å². The topological polar surface area (TPSA) is 84.1 Å². The standard InChI is InChI=1S/C12H19N5O/c1-17(10(7-13)9-3-4-9)8-11(18)16-12-14-5-2-6-15-12/h2,5-6,9-10H,3-4,7-8,13H2,1H3,(H,14,15,16,18). The van der Waals surface area contributed by atoms with Gasteiger partial charge in [0, 0.05) is 25.0 Å². The average Bonchev–Trinajstić information content (AvgIpc) is 3.15. The molecular formula is C12H19N5O. The summed E-state index contributed by atoms with van der Waals surface area (Å²) in [6, 6.07) is 2.01. The van der Waals surface area contributed by atoms with Crippen LogP contribution >= 0.6 is 0 Å². The second-order valence-electron chi connectivity index (χ2n) is 4.68. The third kappa shape index (κ3) is 3.48. The monoisotopic (exact) mass is 249 g/mol. The summed E-state index contributed by atoms with van der Waals surface area (Å²) in [5.41, 5.74) is 5.74. The molecule has 1 saturated carbocycles. The Morgan fingerprint density at radius 2 is 2.22 bits per heavy atom. The van der Waals surface area contributed by atoms with E-state index in [0.29, 0.717) is 31.0 Å². The SMILES string of the molecule is CN(CC(=O)Nc1ncccn1)C(CN)C1CC1. The fourth-order valence-corrected chi connectivity index (χ4v) is 2.08. The number of nitrogens with one attached hydrogen (secondary N) is 1. The molecule has 1 unspecified atom stereocenters. The lowest BCUT2D eigenvalue weighted by molar-refractivity contribution is -0.117. The quantitative estimate of drug-likeness (QED) is 0.746. The molecule has 1 fully saturated rings. The molecule has 0 aliphatic heterocycles. The maximum absolute atomic E-state index is 11.8. The third-order valence-corrected chi connectivity index (χ3v) is 3.18. The van der Waals surface area contributed by atoms with Crippen molar-refractivity contribution in [3.8, 4) is 0 Å². The van der Waals surface area contributed by atoms with Crippen molar-refractivity contribution >= 4 is 11.9 Å². The zero-order valence-electron chi connectivity index (χ0n) is 10.5. The van der Waals surface area contributed by atoms with Gasteiger partial charge in [-0.1, -0.05) is 0 Å². The highest BCUT2D eigenvalue weighted by molar-refractivity contribution is 5.90. The summed E-state index contributed by atoms with van der Waals surface area (Å²) in [6.45, 7) is 0.910. The Balaban J connectivity index is 1.83. The number of anilines is 1. The zero-order valence-corrected chi connectivity index (χ0v) is 10.5. The van der Waals surface area contributed by atoms with E-state index in [-0.39, 0.29) is 5.91 Å². The highest BCUT2D eigenvalue weighted by Gasteiger charge is 2.33. The fraction of sp³-hybridized carbons (Fsp3) is 0.583. The first kappa shape index (κ1) is 12.9. The number of hydrogen-bond donors (Lipinski definition) is 2. The maximum atomic E-state index is 11.8. The van der Waals surface area contributed by atoms with Crippen LogP contribution in [0.15, 0.2) is 18.5 Å². The number of rotatable bonds is 6. The molecule has 0 aromatic carbocycles. The molecule has 0 radical (unpaired) electrons. The molecule has 0 bridgehead atoms. The van der Waals surface area contributed by atoms with Crippen LogP contribution in [-0.4, -0.2) is 47.0 Å². The Hall–Kier alpha value is -1.53. The highest BCUT2D eigenvalue weighted by Crippen LogP contribution is 2.34. The normalized spacial score (nSPS) is 16.6. The van der Waals surface area contributed by atoms with E-state index in [4.69, 9.17) is 5.73 Å². The van der Waals surface area contributed by atoms with Crippen LogP contribution in [0.5, 0.6) is 0 Å². The fourth-order valence-electron chi connectivity index (χ4n) is 2.08. The molecule has 6 heteroatoms. The molecule has 1 atom stereocenters. The number of nitrogens with zero attached hydrogens (tertiary/aromatic N) is 3. The number of amides is 1. The van der Waals surface area contributed by atoms with Gasteiger partial charge in [-0.05, 0) is 31.9 Å². The predicted octanol–water partition coefficient (Wildman–Crippen LogP) is 0.0842. The van der Waals surface area contributed by atoms with Crippen LogP contribution < -0.4 is 11.1 Å². The van der Waals surface area contributed by atoms with Crippen molar-refractivity contribution in [2.45, 2.75) is 18.9 Å². The molecule has 1 aromatic heterocycles. The molecule has 1 aromatic rings. The molecule has 6 nitrogen and oxygen atoms in total. The minimum absolute atomic E-state index is 0.109. The summed E-state index contributed by atoms with van der Waals surface area (Å²) < 4.78 is 0. The van der Waals surface area contributed by atoms with Gasteiger partial charge < -0.3 is 5.73 Å². The molecule has 1 aliphatic rings. The highest BCUT2D eigenvalue weighted by atomic mass is 16.2. The van der Waals surface area contributed by atoms with Crippen LogP contribution in [0.2, 0.25) is 0 Å². The van der Waals surface area contributed by atoms with Gasteiger partial charge in [-0.25, -0.2) is 9.97 Å². The van der Waals surface area contributed by atoms with Crippen LogP contribution in [0, 0.1) is 5.92 Å². The first-order chi connectivity index (χ1) is 8.70. The number of likely N-dealkylation sites (N-methyl/N-ethyl adjacent to an activating group) is 1. The minimum Gasteiger partial charge on any atom is -0.329 e. The number of carbonyl (C=O) groups excluding carboxylic acids is 1. The lowest BCUT2D eigenvalue weighted by Crippen LogP contribution is -2.43. The van der Waals surface area contributed by atoms with Gasteiger partial charge in [-0.15, -0.1) is 0 Å². The minimum atomic E-state index is -0.109. The van der Waals surface area contributed by atoms with Crippen molar-refractivity contribution in [3.05, 3.63) is 18.5 Å². The van der Waals surface area contributed by atoms with Crippen LogP contribution in [0.1, 0.15) is 12.8 Å². The average molecular weight is 249 g/mol. The molecular weight excluding hydrogens is 230 g/mol. The molecule has 2 rings (SSSR count). The van der Waals surface area contributed by atoms with Gasteiger partial charge in [0.05, 0.1) is 6.54 Å². The van der Waals surface area contributed by atoms with Crippen molar-refractivity contribution in [1.29, 1.82) is 0 Å². The van der Waals surface area contributed by atoms with E-state index in [1.54, 1.807) is 18.5 Å². The first-order valence-electron chi connectivity index (χ1n) is 6.18. The van der Waals surface area contributed by atoms with E-state index in [0.717, 1.165) is 0 Å². The Morgan fingerprint density at radius 3 is 2.78 bits per heavy atom. The largest absolute Gasteiger partial charge is 0.329 e. The van der Waals surface area contributed by atoms with Gasteiger partial charge in [0.1, 0.15) is 0 Å². The number of carbonyl (C=O) groups is 1. The smallest absolute Gasteiger partial charge is 0.240 e. The van der Waals surface area contributed by atoms with Crippen molar-refractivity contribution < 1.29 is 4.79 Å². The number of aromatic nitrogens is 2. The van der Waals surface area contributed by atoms with Crippen molar-refractivity contribution in [3.63, 3.8) is 0 Å². The van der Waals surface area contributed by atoms with Gasteiger partial charge in [0.2, 0.25) is 11.9 Å². The Morgan fingerprint density at radius 1 is 1.56 bits per heavy atom. The van der Waals surface area contributed by atoms with E-state index in [1.165, 1.54) is 12.8 Å². The molecule has 3 N–H and O–H groups in total. The summed E-state index contributed by atoms with van der Waals surface area (Å²) >= 11 is 0. The molecule has 98 valence electrons. The lowest BCUT2D eigenvalue weighted by atomic mass is 10.1. The van der Waals surface area contributed by atoms with Crippen LogP contribution in [0.4, 0.5) is 5.95 Å². The van der Waals surface area contributed by atoms with E-state index in [9.17, 15) is 4.79 Å². The van der Waals surface area contributed by atoms with E-state index >= 15 is 0 Å². The molecule has 0 spiro atoms. The van der Waals surface area contributed by atoms with Crippen LogP contribution in [-0.2, 0) is 4.79 Å². The third-order valence-electron chi connectivity index (χ3n) is 3.18. The molecule has 1 amide bonds. The van der Waals surface area contributed by atoms with Crippen molar-refractivity contribution in [1.82, 2.24) is 14.9 Å². The Bertz CT molecular complexity index is 393. The van der Waals surface area contributed by atoms with Gasteiger partial charge in [0.25, 0.3) is 0 Å². The predicted molar refractivity (Wildman–Crippen MR) is 68.9 cm³/mol. The number of hydrogen-bond acceptors (Lipinski definition) is 5. The van der Waals surface area contributed by atoms with Crippen LogP contribution in [0.25, 0.3) is 0 Å². The van der Waals surface area contributed by atoms with Crippen LogP contribution in [0.3, 0.4) is 0 Å². The van der Waals surface area contributed by atoms with E-state index < -0.39 is 0 Å². The van der Waals surface area contributed by atoms with Crippen molar-refractivity contribution in [2.24, 2.45) is 11.7 Å². The summed E-state index contributed by atoms with van der Waals surface area (Å²) in [5.74, 6) is 0.884. The van der Waals surface area contributed by atoms with Crippen molar-refractivity contribution in [2.75, 3.05) is 25.5 Å². The summed E-state index contributed by atoms with van der Waals surface area (Å²) in [7, 11) is 1.93. The molecule has 1 aliphatic carbocycles. The molecule has 1 heterocycles. The van der Waals surface area contributed by atoms with Gasteiger partial charge in [-0.3, -0.25) is 15.0 Å². The lowest BCUT2D eigenvalue weighted by Gasteiger charge is -2.26. The second-order valence-corrected chi connectivity index (χ2v) is 4.68. The van der Waals surface area contributed by atoms with E-state index in [1.807, 2.05) is 11.9 Å². The summed E-state index contributed by atoms with van der Waals surface area (Å²) in [4.78, 5) is 21.7. The Kier molecular flexibility index (Phi) is 4.22. The molecule has 18 heavy (non-hydrogen) atoms. The second kappa shape index (κ2) is 5.88. The zero-order chi connectivity index (χ0) is 13.0. The number of nitrogens with two attached hydrogens (primary N) is 1. The Labute approximate surface area is 107 Å². The molecule has 0 saturated heterocycles. The first-order valence-corrected chi connectivity index (χ1v) is 6.18. The van der Waals surface area contributed by atoms with Gasteiger partial charge >= 0.3 is 0 Å². The maximum Gasteiger partial charge on any atom is 0.240 e. The van der Waals surface area contributed by atoms with Gasteiger partial charge in [0.15, 0.2) is 0 Å². The van der Waals surface area contributed by atoms with E-state index in [2.05, 4.69) is 15.3 Å². The summed E-state index contributed by atoms with van der Waals surface area (Å²) in [6.07, 6.45) is 5.63. The summed E-state index contributed by atoms with van der Waals surface area (Å²) in [5, 5.41) is 2.67.